The molecule has 2 heteroatoms. The Morgan fingerprint density at radius 3 is 3.12 bits per heavy atom. The van der Waals surface area contributed by atoms with E-state index in [1.54, 1.807) is 16.8 Å². The summed E-state index contributed by atoms with van der Waals surface area (Å²) in [6, 6.07) is 0. The zero-order valence-corrected chi connectivity index (χ0v) is 9.63. The summed E-state index contributed by atoms with van der Waals surface area (Å²) in [5, 5.41) is 3.53. The molecule has 2 nitrogen and oxygen atoms in total. The van der Waals surface area contributed by atoms with Crippen LogP contribution in [0.1, 0.15) is 25.7 Å². The highest BCUT2D eigenvalue weighted by Gasteiger charge is 2.48. The highest BCUT2D eigenvalue weighted by Crippen LogP contribution is 2.59. The maximum atomic E-state index is 3.53. The van der Waals surface area contributed by atoms with Crippen LogP contribution in [0.3, 0.4) is 0 Å². The first-order chi connectivity index (χ1) is 7.89. The Morgan fingerprint density at radius 1 is 1.31 bits per heavy atom. The smallest absolute Gasteiger partial charge is 0.0449 e. The normalized spacial score (nSPS) is 30.0. The Bertz CT molecular complexity index is 424. The molecule has 1 saturated carbocycles. The molecule has 0 aromatic rings. The number of nitrogens with zero attached hydrogens (tertiary/aromatic N) is 1. The quantitative estimate of drug-likeness (QED) is 0.665. The van der Waals surface area contributed by atoms with Crippen molar-refractivity contribution in [2.75, 3.05) is 19.6 Å². The summed E-state index contributed by atoms with van der Waals surface area (Å²) in [4.78, 5) is 2.48. The molecule has 84 valence electrons. The van der Waals surface area contributed by atoms with E-state index in [-0.39, 0.29) is 0 Å². The average molecular weight is 214 g/mol. The summed E-state index contributed by atoms with van der Waals surface area (Å²) >= 11 is 0. The largest absolute Gasteiger partial charge is 0.347 e. The minimum Gasteiger partial charge on any atom is -0.347 e. The van der Waals surface area contributed by atoms with Gasteiger partial charge in [0.05, 0.1) is 0 Å². The van der Waals surface area contributed by atoms with Crippen LogP contribution in [0, 0.1) is 5.41 Å². The predicted octanol–water partition coefficient (Wildman–Crippen LogP) is 2.17. The Balaban J connectivity index is 1.87. The summed E-state index contributed by atoms with van der Waals surface area (Å²) in [6.07, 6.45) is 12.6. The van der Waals surface area contributed by atoms with Crippen molar-refractivity contribution in [1.82, 2.24) is 10.2 Å². The van der Waals surface area contributed by atoms with E-state index in [4.69, 9.17) is 0 Å². The monoisotopic (exact) mass is 214 g/mol. The van der Waals surface area contributed by atoms with Gasteiger partial charge in [-0.25, -0.2) is 0 Å². The van der Waals surface area contributed by atoms with Crippen molar-refractivity contribution < 1.29 is 0 Å². The second-order valence-corrected chi connectivity index (χ2v) is 5.44. The maximum absolute atomic E-state index is 3.53. The van der Waals surface area contributed by atoms with Crippen molar-refractivity contribution in [2.24, 2.45) is 5.41 Å². The SMILES string of the molecule is C1=CC2(CC2)C2=C3C(=CCC2)CNCCN13. The molecule has 2 heterocycles. The molecule has 2 aliphatic heterocycles. The number of fused-ring (bicyclic) bond motifs is 1. The molecule has 1 spiro atoms. The second-order valence-electron chi connectivity index (χ2n) is 5.44. The molecule has 0 aromatic heterocycles. The topological polar surface area (TPSA) is 15.3 Å². The minimum absolute atomic E-state index is 0.496. The minimum atomic E-state index is 0.496. The van der Waals surface area contributed by atoms with E-state index in [0.717, 1.165) is 19.6 Å². The van der Waals surface area contributed by atoms with E-state index in [0.29, 0.717) is 5.41 Å². The lowest BCUT2D eigenvalue weighted by atomic mass is 9.82. The lowest BCUT2D eigenvalue weighted by molar-refractivity contribution is 0.442. The molecule has 0 bridgehead atoms. The fraction of sp³-hybridized carbons (Fsp3) is 0.571. The van der Waals surface area contributed by atoms with Gasteiger partial charge in [-0.05, 0) is 36.8 Å². The van der Waals surface area contributed by atoms with Crippen LogP contribution < -0.4 is 5.32 Å². The molecule has 0 atom stereocenters. The maximum Gasteiger partial charge on any atom is 0.0449 e. The standard InChI is InChI=1S/C14H18N2/c1-2-11-10-15-7-9-16-8-6-14(4-5-14)12(3-1)13(11)16/h2,6,8,15H,1,3-5,7,9-10H2. The van der Waals surface area contributed by atoms with Crippen LogP contribution in [0.15, 0.2) is 35.2 Å². The van der Waals surface area contributed by atoms with Crippen molar-refractivity contribution in [3.8, 4) is 0 Å². The van der Waals surface area contributed by atoms with Crippen LogP contribution in [0.4, 0.5) is 0 Å². The van der Waals surface area contributed by atoms with E-state index >= 15 is 0 Å². The van der Waals surface area contributed by atoms with Gasteiger partial charge in [0.15, 0.2) is 0 Å². The molecule has 0 radical (unpaired) electrons. The Labute approximate surface area is 96.7 Å². The van der Waals surface area contributed by atoms with Gasteiger partial charge in [-0.1, -0.05) is 12.2 Å². The lowest BCUT2D eigenvalue weighted by Gasteiger charge is -2.35. The molecule has 0 aromatic carbocycles. The Morgan fingerprint density at radius 2 is 2.25 bits per heavy atom. The van der Waals surface area contributed by atoms with Crippen LogP contribution in [0.5, 0.6) is 0 Å². The van der Waals surface area contributed by atoms with Crippen LogP contribution >= 0.6 is 0 Å². The Hall–Kier alpha value is -1.02. The molecule has 4 aliphatic rings. The van der Waals surface area contributed by atoms with E-state index in [9.17, 15) is 0 Å². The fourth-order valence-corrected chi connectivity index (χ4v) is 3.42. The van der Waals surface area contributed by atoms with Crippen molar-refractivity contribution in [3.05, 3.63) is 35.2 Å². The Kier molecular flexibility index (Phi) is 1.70. The molecule has 16 heavy (non-hydrogen) atoms. The van der Waals surface area contributed by atoms with Gasteiger partial charge in [0.1, 0.15) is 0 Å². The van der Waals surface area contributed by atoms with E-state index in [2.05, 4.69) is 28.6 Å². The highest BCUT2D eigenvalue weighted by molar-refractivity contribution is 5.49. The number of rotatable bonds is 0. The van der Waals surface area contributed by atoms with Crippen molar-refractivity contribution >= 4 is 0 Å². The molecule has 0 unspecified atom stereocenters. The highest BCUT2D eigenvalue weighted by atomic mass is 15.2. The van der Waals surface area contributed by atoms with E-state index in [1.807, 2.05) is 0 Å². The van der Waals surface area contributed by atoms with Crippen LogP contribution in [-0.2, 0) is 0 Å². The molecule has 1 N–H and O–H groups in total. The first kappa shape index (κ1) is 9.06. The van der Waals surface area contributed by atoms with E-state index < -0.39 is 0 Å². The molecule has 2 fully saturated rings. The molecule has 1 saturated heterocycles. The van der Waals surface area contributed by atoms with Gasteiger partial charge >= 0.3 is 0 Å². The van der Waals surface area contributed by atoms with Gasteiger partial charge in [-0.3, -0.25) is 0 Å². The lowest BCUT2D eigenvalue weighted by Crippen LogP contribution is -2.28. The summed E-state index contributed by atoms with van der Waals surface area (Å²) in [5.74, 6) is 0. The zero-order valence-electron chi connectivity index (χ0n) is 9.63. The first-order valence-corrected chi connectivity index (χ1v) is 6.49. The van der Waals surface area contributed by atoms with Crippen LogP contribution in [0.2, 0.25) is 0 Å². The van der Waals surface area contributed by atoms with Gasteiger partial charge in [0.2, 0.25) is 0 Å². The number of hydrogen-bond acceptors (Lipinski definition) is 2. The fourth-order valence-electron chi connectivity index (χ4n) is 3.42. The number of allylic oxidation sites excluding steroid dienone is 3. The average Bonchev–Trinajstić information content (AvgIpc) is 3.09. The van der Waals surface area contributed by atoms with E-state index in [1.165, 1.54) is 25.7 Å². The van der Waals surface area contributed by atoms with Crippen molar-refractivity contribution in [2.45, 2.75) is 25.7 Å². The number of hydrogen-bond donors (Lipinski definition) is 1. The van der Waals surface area contributed by atoms with Gasteiger partial charge in [0.25, 0.3) is 0 Å². The molecular weight excluding hydrogens is 196 g/mol. The zero-order chi connectivity index (χ0) is 10.6. The summed E-state index contributed by atoms with van der Waals surface area (Å²) in [5.41, 5.74) is 5.37. The summed E-state index contributed by atoms with van der Waals surface area (Å²) in [7, 11) is 0. The van der Waals surface area contributed by atoms with Crippen molar-refractivity contribution in [1.29, 1.82) is 0 Å². The molecule has 2 aliphatic carbocycles. The third kappa shape index (κ3) is 1.11. The van der Waals surface area contributed by atoms with Gasteiger partial charge in [-0.15, -0.1) is 0 Å². The van der Waals surface area contributed by atoms with Gasteiger partial charge in [-0.2, -0.15) is 0 Å². The van der Waals surface area contributed by atoms with Crippen LogP contribution in [0.25, 0.3) is 0 Å². The summed E-state index contributed by atoms with van der Waals surface area (Å²) < 4.78 is 0. The van der Waals surface area contributed by atoms with Crippen molar-refractivity contribution in [3.63, 3.8) is 0 Å². The molecule has 4 rings (SSSR count). The third-order valence-corrected chi connectivity index (χ3v) is 4.47. The molecule has 0 amide bonds. The second kappa shape index (κ2) is 3.01. The first-order valence-electron chi connectivity index (χ1n) is 6.49. The van der Waals surface area contributed by atoms with Gasteiger partial charge < -0.3 is 10.2 Å². The summed E-state index contributed by atoms with van der Waals surface area (Å²) in [6.45, 7) is 3.30. The number of nitrogens with one attached hydrogen (secondary N) is 1. The van der Waals surface area contributed by atoms with Crippen LogP contribution in [-0.4, -0.2) is 24.5 Å². The van der Waals surface area contributed by atoms with Gasteiger partial charge in [0, 0.05) is 36.9 Å². The molecular formula is C14H18N2. The third-order valence-electron chi connectivity index (χ3n) is 4.47. The predicted molar refractivity (Wildman–Crippen MR) is 64.7 cm³/mol.